The summed E-state index contributed by atoms with van der Waals surface area (Å²) in [5, 5.41) is 14.6. The van der Waals surface area contributed by atoms with Crippen LogP contribution in [0.5, 0.6) is 0 Å². The second-order valence-electron chi connectivity index (χ2n) is 4.46. The summed E-state index contributed by atoms with van der Waals surface area (Å²) in [5.41, 5.74) is 0.00471. The summed E-state index contributed by atoms with van der Waals surface area (Å²) in [6.07, 6.45) is 5.77. The summed E-state index contributed by atoms with van der Waals surface area (Å²) in [6, 6.07) is 0.139. The number of nitro groups is 1. The van der Waals surface area contributed by atoms with Gasteiger partial charge in [-0.2, -0.15) is 5.10 Å². The van der Waals surface area contributed by atoms with Crippen LogP contribution in [0.15, 0.2) is 12.4 Å². The van der Waals surface area contributed by atoms with E-state index in [1.807, 2.05) is 0 Å². The zero-order valence-corrected chi connectivity index (χ0v) is 10.1. The van der Waals surface area contributed by atoms with Gasteiger partial charge in [0.1, 0.15) is 12.4 Å². The Kier molecular flexibility index (Phi) is 3.59. The van der Waals surface area contributed by atoms with Crippen LogP contribution in [0.3, 0.4) is 0 Å². The Morgan fingerprint density at radius 1 is 1.50 bits per heavy atom. The number of hydrogen-bond donors (Lipinski definition) is 0. The van der Waals surface area contributed by atoms with Gasteiger partial charge in [-0.15, -0.1) is 0 Å². The Hall–Kier alpha value is -1.92. The highest BCUT2D eigenvalue weighted by Gasteiger charge is 2.28. The molecule has 1 aliphatic carbocycles. The molecule has 0 aliphatic heterocycles. The van der Waals surface area contributed by atoms with Crippen molar-refractivity contribution in [1.82, 2.24) is 9.78 Å². The minimum Gasteiger partial charge on any atom is -0.469 e. The molecule has 1 heterocycles. The quantitative estimate of drug-likeness (QED) is 0.464. The molecule has 7 nitrogen and oxygen atoms in total. The van der Waals surface area contributed by atoms with Gasteiger partial charge in [-0.05, 0) is 25.7 Å². The molecule has 98 valence electrons. The standard InChI is InChI=1S/C11H15N3O4/c1-18-11(15)8-2-4-9(5-3-8)13-7-10(6-12-13)14(16)17/h6-9H,2-5H2,1H3. The fraction of sp³-hybridized carbons (Fsp3) is 0.636. The lowest BCUT2D eigenvalue weighted by Gasteiger charge is -2.26. The number of rotatable bonds is 3. The lowest BCUT2D eigenvalue weighted by Crippen LogP contribution is -2.24. The van der Waals surface area contributed by atoms with Crippen LogP contribution in [0.1, 0.15) is 31.7 Å². The summed E-state index contributed by atoms with van der Waals surface area (Å²) < 4.78 is 6.35. The molecule has 1 aliphatic rings. The monoisotopic (exact) mass is 253 g/mol. The van der Waals surface area contributed by atoms with Gasteiger partial charge in [0.2, 0.25) is 0 Å². The predicted molar refractivity (Wildman–Crippen MR) is 61.9 cm³/mol. The highest BCUT2D eigenvalue weighted by atomic mass is 16.6. The maximum atomic E-state index is 11.4. The summed E-state index contributed by atoms with van der Waals surface area (Å²) >= 11 is 0. The third kappa shape index (κ3) is 2.49. The molecular formula is C11H15N3O4. The van der Waals surface area contributed by atoms with Crippen LogP contribution in [0, 0.1) is 16.0 Å². The number of aromatic nitrogens is 2. The minimum absolute atomic E-state index is 0.00471. The summed E-state index contributed by atoms with van der Waals surface area (Å²) in [6.45, 7) is 0. The number of esters is 1. The third-order valence-corrected chi connectivity index (χ3v) is 3.40. The van der Waals surface area contributed by atoms with Crippen LogP contribution in [-0.4, -0.2) is 27.8 Å². The van der Waals surface area contributed by atoms with Crippen LogP contribution >= 0.6 is 0 Å². The lowest BCUT2D eigenvalue weighted by molar-refractivity contribution is -0.385. The molecule has 0 atom stereocenters. The molecule has 18 heavy (non-hydrogen) atoms. The number of ether oxygens (including phenoxy) is 1. The van der Waals surface area contributed by atoms with Gasteiger partial charge in [-0.25, -0.2) is 0 Å². The molecule has 0 unspecified atom stereocenters. The fourth-order valence-electron chi connectivity index (χ4n) is 2.36. The molecule has 7 heteroatoms. The first-order valence-corrected chi connectivity index (χ1v) is 5.88. The van der Waals surface area contributed by atoms with E-state index in [9.17, 15) is 14.9 Å². The molecule has 0 amide bonds. The van der Waals surface area contributed by atoms with E-state index in [4.69, 9.17) is 4.74 Å². The maximum absolute atomic E-state index is 11.4. The van der Waals surface area contributed by atoms with Crippen molar-refractivity contribution in [1.29, 1.82) is 0 Å². The molecule has 2 rings (SSSR count). The Morgan fingerprint density at radius 3 is 2.67 bits per heavy atom. The van der Waals surface area contributed by atoms with Crippen molar-refractivity contribution in [2.45, 2.75) is 31.7 Å². The number of hydrogen-bond acceptors (Lipinski definition) is 5. The van der Waals surface area contributed by atoms with Gasteiger partial charge < -0.3 is 4.74 Å². The predicted octanol–water partition coefficient (Wildman–Crippen LogP) is 1.70. The Balaban J connectivity index is 1.96. The van der Waals surface area contributed by atoms with Crippen LogP contribution in [0.25, 0.3) is 0 Å². The van der Waals surface area contributed by atoms with E-state index >= 15 is 0 Å². The highest BCUT2D eigenvalue weighted by Crippen LogP contribution is 2.32. The van der Waals surface area contributed by atoms with Crippen molar-refractivity contribution >= 4 is 11.7 Å². The first kappa shape index (κ1) is 12.5. The van der Waals surface area contributed by atoms with E-state index in [2.05, 4.69) is 5.10 Å². The van der Waals surface area contributed by atoms with Crippen LogP contribution < -0.4 is 0 Å². The molecule has 1 aromatic rings. The topological polar surface area (TPSA) is 87.3 Å². The Morgan fingerprint density at radius 2 is 2.17 bits per heavy atom. The van der Waals surface area contributed by atoms with Crippen molar-refractivity contribution in [2.75, 3.05) is 7.11 Å². The molecule has 1 saturated carbocycles. The number of carbonyl (C=O) groups excluding carboxylic acids is 1. The van der Waals surface area contributed by atoms with Gasteiger partial charge >= 0.3 is 11.7 Å². The van der Waals surface area contributed by atoms with E-state index < -0.39 is 4.92 Å². The first-order chi connectivity index (χ1) is 8.61. The molecule has 0 N–H and O–H groups in total. The van der Waals surface area contributed by atoms with E-state index in [0.717, 1.165) is 25.7 Å². The van der Waals surface area contributed by atoms with E-state index in [0.29, 0.717) is 0 Å². The van der Waals surface area contributed by atoms with Crippen molar-refractivity contribution in [3.05, 3.63) is 22.5 Å². The summed E-state index contributed by atoms with van der Waals surface area (Å²) in [7, 11) is 1.39. The molecule has 1 fully saturated rings. The molecule has 0 saturated heterocycles. The summed E-state index contributed by atoms with van der Waals surface area (Å²) in [5.74, 6) is -0.211. The molecule has 0 spiro atoms. The van der Waals surface area contributed by atoms with Gasteiger partial charge in [0, 0.05) is 0 Å². The van der Waals surface area contributed by atoms with Crippen molar-refractivity contribution in [2.24, 2.45) is 5.92 Å². The molecule has 1 aromatic heterocycles. The van der Waals surface area contributed by atoms with Crippen molar-refractivity contribution < 1.29 is 14.5 Å². The zero-order chi connectivity index (χ0) is 13.1. The molecule has 0 radical (unpaired) electrons. The normalized spacial score (nSPS) is 23.6. The average molecular weight is 253 g/mol. The smallest absolute Gasteiger partial charge is 0.308 e. The summed E-state index contributed by atoms with van der Waals surface area (Å²) in [4.78, 5) is 21.5. The zero-order valence-electron chi connectivity index (χ0n) is 10.1. The second kappa shape index (κ2) is 5.16. The number of carbonyl (C=O) groups is 1. The Bertz CT molecular complexity index is 449. The third-order valence-electron chi connectivity index (χ3n) is 3.40. The number of nitrogens with zero attached hydrogens (tertiary/aromatic N) is 3. The number of methoxy groups -OCH3 is 1. The van der Waals surface area contributed by atoms with Gasteiger partial charge in [-0.1, -0.05) is 0 Å². The average Bonchev–Trinajstić information content (AvgIpc) is 2.88. The largest absolute Gasteiger partial charge is 0.469 e. The van der Waals surface area contributed by atoms with Crippen LogP contribution in [-0.2, 0) is 9.53 Å². The lowest BCUT2D eigenvalue weighted by atomic mass is 9.86. The second-order valence-corrected chi connectivity index (χ2v) is 4.46. The Labute approximate surface area is 104 Å². The van der Waals surface area contributed by atoms with Crippen LogP contribution in [0.4, 0.5) is 5.69 Å². The maximum Gasteiger partial charge on any atom is 0.308 e. The molecular weight excluding hydrogens is 238 g/mol. The van der Waals surface area contributed by atoms with E-state index in [-0.39, 0.29) is 23.6 Å². The SMILES string of the molecule is COC(=O)C1CCC(n2cc([N+](=O)[O-])cn2)CC1. The van der Waals surface area contributed by atoms with Crippen LogP contribution in [0.2, 0.25) is 0 Å². The molecule has 0 bridgehead atoms. The van der Waals surface area contributed by atoms with Crippen molar-refractivity contribution in [3.63, 3.8) is 0 Å². The first-order valence-electron chi connectivity index (χ1n) is 5.88. The van der Waals surface area contributed by atoms with Gasteiger partial charge in [0.25, 0.3) is 0 Å². The van der Waals surface area contributed by atoms with Crippen molar-refractivity contribution in [3.8, 4) is 0 Å². The van der Waals surface area contributed by atoms with Gasteiger partial charge in [-0.3, -0.25) is 19.6 Å². The van der Waals surface area contributed by atoms with Gasteiger partial charge in [0.05, 0.1) is 24.0 Å². The fourth-order valence-corrected chi connectivity index (χ4v) is 2.36. The van der Waals surface area contributed by atoms with E-state index in [1.165, 1.54) is 19.5 Å². The van der Waals surface area contributed by atoms with Gasteiger partial charge in [0.15, 0.2) is 0 Å². The highest BCUT2D eigenvalue weighted by molar-refractivity contribution is 5.72. The minimum atomic E-state index is -0.455. The van der Waals surface area contributed by atoms with E-state index in [1.54, 1.807) is 4.68 Å². The molecule has 0 aromatic carbocycles.